The zero-order valence-electron chi connectivity index (χ0n) is 12.5. The molecule has 116 valence electrons. The van der Waals surface area contributed by atoms with Crippen molar-refractivity contribution in [1.82, 2.24) is 9.47 Å². The zero-order valence-corrected chi connectivity index (χ0v) is 12.5. The molecule has 0 atom stereocenters. The van der Waals surface area contributed by atoms with Gasteiger partial charge in [0, 0.05) is 31.3 Å². The molecule has 22 heavy (non-hydrogen) atoms. The third kappa shape index (κ3) is 2.77. The molecule has 0 spiro atoms. The van der Waals surface area contributed by atoms with Crippen LogP contribution in [-0.2, 0) is 19.5 Å². The molecular formula is C16H19N3O3. The predicted octanol–water partition coefficient (Wildman–Crippen LogP) is 2.44. The summed E-state index contributed by atoms with van der Waals surface area (Å²) in [4.78, 5) is 26.3. The van der Waals surface area contributed by atoms with Gasteiger partial charge in [0.2, 0.25) is 0 Å². The first-order chi connectivity index (χ1) is 10.7. The number of pyridine rings is 1. The number of aryl methyl sites for hydroxylation is 2. The summed E-state index contributed by atoms with van der Waals surface area (Å²) < 4.78 is 6.98. The Kier molecular flexibility index (Phi) is 4.00. The lowest BCUT2D eigenvalue weighted by molar-refractivity contribution is 0.210. The summed E-state index contributed by atoms with van der Waals surface area (Å²) >= 11 is 0. The number of nitrogens with zero attached hydrogens (tertiary/aromatic N) is 2. The van der Waals surface area contributed by atoms with Crippen LogP contribution in [0, 0.1) is 0 Å². The molecule has 0 radical (unpaired) electrons. The van der Waals surface area contributed by atoms with Crippen LogP contribution in [0.1, 0.15) is 24.7 Å². The van der Waals surface area contributed by atoms with Crippen molar-refractivity contribution < 1.29 is 9.21 Å². The lowest BCUT2D eigenvalue weighted by Crippen LogP contribution is -2.36. The van der Waals surface area contributed by atoms with Gasteiger partial charge >= 0.3 is 6.03 Å². The monoisotopic (exact) mass is 301 g/mol. The summed E-state index contributed by atoms with van der Waals surface area (Å²) in [6, 6.07) is 5.04. The number of fused-ring (bicyclic) bond motifs is 1. The molecule has 0 fully saturated rings. The Balaban J connectivity index is 1.76. The number of hydrogen-bond acceptors (Lipinski definition) is 3. The van der Waals surface area contributed by atoms with Gasteiger partial charge in [-0.2, -0.15) is 0 Å². The van der Waals surface area contributed by atoms with E-state index in [2.05, 4.69) is 5.32 Å². The fraction of sp³-hybridized carbons (Fsp3) is 0.375. The average molecular weight is 301 g/mol. The topological polar surface area (TPSA) is 67.5 Å². The first-order valence-electron chi connectivity index (χ1n) is 7.49. The molecule has 6 heteroatoms. The quantitative estimate of drug-likeness (QED) is 0.926. The van der Waals surface area contributed by atoms with E-state index in [0.29, 0.717) is 25.3 Å². The second-order valence-electron chi connectivity index (χ2n) is 5.34. The van der Waals surface area contributed by atoms with Crippen LogP contribution in [0.3, 0.4) is 0 Å². The molecule has 1 aliphatic rings. The van der Waals surface area contributed by atoms with E-state index in [9.17, 15) is 9.59 Å². The predicted molar refractivity (Wildman–Crippen MR) is 82.8 cm³/mol. The summed E-state index contributed by atoms with van der Waals surface area (Å²) in [6.45, 7) is 3.62. The lowest BCUT2D eigenvalue weighted by Gasteiger charge is -2.20. The third-order valence-corrected chi connectivity index (χ3v) is 3.92. The van der Waals surface area contributed by atoms with Crippen molar-refractivity contribution >= 4 is 11.7 Å². The number of furan rings is 1. The molecule has 1 aliphatic heterocycles. The molecule has 0 saturated heterocycles. The molecule has 0 saturated carbocycles. The van der Waals surface area contributed by atoms with E-state index in [1.165, 1.54) is 0 Å². The summed E-state index contributed by atoms with van der Waals surface area (Å²) in [5, 5.41) is 2.73. The Labute approximate surface area is 128 Å². The summed E-state index contributed by atoms with van der Waals surface area (Å²) in [6.07, 6.45) is 5.05. The van der Waals surface area contributed by atoms with Gasteiger partial charge in [-0.25, -0.2) is 4.79 Å². The van der Waals surface area contributed by atoms with Gasteiger partial charge < -0.3 is 19.2 Å². The first kappa shape index (κ1) is 14.4. The molecule has 3 heterocycles. The van der Waals surface area contributed by atoms with Gasteiger partial charge in [-0.05, 0) is 31.5 Å². The van der Waals surface area contributed by atoms with E-state index in [-0.39, 0.29) is 11.6 Å². The van der Waals surface area contributed by atoms with Gasteiger partial charge in [0.25, 0.3) is 5.56 Å². The Hall–Kier alpha value is -2.50. The molecular weight excluding hydrogens is 282 g/mol. The van der Waals surface area contributed by atoms with Crippen molar-refractivity contribution in [3.05, 3.63) is 52.3 Å². The van der Waals surface area contributed by atoms with Crippen LogP contribution in [0.5, 0.6) is 0 Å². The molecule has 2 aromatic heterocycles. The lowest BCUT2D eigenvalue weighted by atomic mass is 10.2. The van der Waals surface area contributed by atoms with Gasteiger partial charge in [-0.3, -0.25) is 4.79 Å². The Morgan fingerprint density at radius 2 is 2.27 bits per heavy atom. The van der Waals surface area contributed by atoms with E-state index in [1.807, 2.05) is 13.0 Å². The zero-order chi connectivity index (χ0) is 15.5. The maximum absolute atomic E-state index is 12.4. The maximum atomic E-state index is 12.4. The first-order valence-corrected chi connectivity index (χ1v) is 7.49. The standard InChI is InChI=1S/C16H19N3O3/c1-2-18-8-3-5-13(15(18)20)17-16(21)19-9-4-6-14-12(11-19)7-10-22-14/h3,5,7-8,10H,2,4,6,9,11H2,1H3,(H,17,21). The molecule has 0 unspecified atom stereocenters. The molecule has 1 N–H and O–H groups in total. The number of amides is 2. The minimum absolute atomic E-state index is 0.183. The van der Waals surface area contributed by atoms with E-state index in [4.69, 9.17) is 4.42 Å². The van der Waals surface area contributed by atoms with E-state index in [0.717, 1.165) is 24.2 Å². The molecule has 3 rings (SSSR count). The molecule has 6 nitrogen and oxygen atoms in total. The maximum Gasteiger partial charge on any atom is 0.322 e. The highest BCUT2D eigenvalue weighted by Gasteiger charge is 2.21. The van der Waals surface area contributed by atoms with Crippen LogP contribution in [0.15, 0.2) is 39.9 Å². The van der Waals surface area contributed by atoms with Crippen LogP contribution in [0.2, 0.25) is 0 Å². The normalized spacial score (nSPS) is 14.3. The largest absolute Gasteiger partial charge is 0.469 e. The van der Waals surface area contributed by atoms with Crippen molar-refractivity contribution in [3.63, 3.8) is 0 Å². The number of hydrogen-bond donors (Lipinski definition) is 1. The molecule has 2 aromatic rings. The number of carbonyl (C=O) groups is 1. The molecule has 0 aliphatic carbocycles. The van der Waals surface area contributed by atoms with E-state index in [1.54, 1.807) is 34.1 Å². The minimum Gasteiger partial charge on any atom is -0.469 e. The van der Waals surface area contributed by atoms with Gasteiger partial charge in [-0.1, -0.05) is 0 Å². The van der Waals surface area contributed by atoms with Crippen molar-refractivity contribution in [3.8, 4) is 0 Å². The van der Waals surface area contributed by atoms with Crippen LogP contribution < -0.4 is 10.9 Å². The van der Waals surface area contributed by atoms with Gasteiger partial charge in [-0.15, -0.1) is 0 Å². The van der Waals surface area contributed by atoms with Gasteiger partial charge in [0.1, 0.15) is 11.4 Å². The Morgan fingerprint density at radius 1 is 1.41 bits per heavy atom. The summed E-state index contributed by atoms with van der Waals surface area (Å²) in [5.74, 6) is 0.948. The van der Waals surface area contributed by atoms with Crippen LogP contribution >= 0.6 is 0 Å². The highest BCUT2D eigenvalue weighted by molar-refractivity contribution is 5.89. The van der Waals surface area contributed by atoms with Crippen LogP contribution in [0.25, 0.3) is 0 Å². The number of carbonyl (C=O) groups excluding carboxylic acids is 1. The number of rotatable bonds is 2. The fourth-order valence-corrected chi connectivity index (χ4v) is 2.69. The average Bonchev–Trinajstić information content (AvgIpc) is 2.86. The van der Waals surface area contributed by atoms with Crippen molar-refractivity contribution in [2.45, 2.75) is 32.9 Å². The van der Waals surface area contributed by atoms with Gasteiger partial charge in [0.15, 0.2) is 0 Å². The number of nitrogens with one attached hydrogen (secondary N) is 1. The third-order valence-electron chi connectivity index (χ3n) is 3.92. The van der Waals surface area contributed by atoms with Crippen molar-refractivity contribution in [2.75, 3.05) is 11.9 Å². The summed E-state index contributed by atoms with van der Waals surface area (Å²) in [7, 11) is 0. The summed E-state index contributed by atoms with van der Waals surface area (Å²) in [5.41, 5.74) is 1.16. The van der Waals surface area contributed by atoms with Crippen LogP contribution in [0.4, 0.5) is 10.5 Å². The van der Waals surface area contributed by atoms with Crippen molar-refractivity contribution in [1.29, 1.82) is 0 Å². The van der Waals surface area contributed by atoms with Crippen molar-refractivity contribution in [2.24, 2.45) is 0 Å². The molecule has 2 amide bonds. The Morgan fingerprint density at radius 3 is 3.09 bits per heavy atom. The highest BCUT2D eigenvalue weighted by Crippen LogP contribution is 2.20. The SMILES string of the molecule is CCn1cccc(NC(=O)N2CCCc3occc3C2)c1=O. The number of urea groups is 1. The highest BCUT2D eigenvalue weighted by atomic mass is 16.3. The molecule has 0 bridgehead atoms. The fourth-order valence-electron chi connectivity index (χ4n) is 2.69. The second-order valence-corrected chi connectivity index (χ2v) is 5.34. The second kappa shape index (κ2) is 6.09. The van der Waals surface area contributed by atoms with E-state index < -0.39 is 0 Å². The van der Waals surface area contributed by atoms with Crippen LogP contribution in [-0.4, -0.2) is 22.0 Å². The number of anilines is 1. The van der Waals surface area contributed by atoms with E-state index >= 15 is 0 Å². The Bertz CT molecular complexity index is 732. The molecule has 0 aromatic carbocycles. The van der Waals surface area contributed by atoms with Gasteiger partial charge in [0.05, 0.1) is 12.8 Å². The smallest absolute Gasteiger partial charge is 0.322 e. The number of aromatic nitrogens is 1. The minimum atomic E-state index is -0.250.